The van der Waals surface area contributed by atoms with Gasteiger partial charge >= 0.3 is 0 Å². The van der Waals surface area contributed by atoms with Gasteiger partial charge < -0.3 is 20.5 Å². The molecule has 0 radical (unpaired) electrons. The summed E-state index contributed by atoms with van der Waals surface area (Å²) in [6, 6.07) is 16.5. The number of fused-ring (bicyclic) bond motifs is 1. The fraction of sp³-hybridized carbons (Fsp3) is 0.200. The van der Waals surface area contributed by atoms with Crippen LogP contribution in [0.2, 0.25) is 0 Å². The van der Waals surface area contributed by atoms with E-state index in [1.165, 1.54) is 0 Å². The van der Waals surface area contributed by atoms with Crippen molar-refractivity contribution in [2.75, 3.05) is 10.1 Å². The first-order valence-corrected chi connectivity index (χ1v) is 6.20. The zero-order valence-corrected chi connectivity index (χ0v) is 10.6. The van der Waals surface area contributed by atoms with Crippen LogP contribution in [0.4, 0.5) is 11.4 Å². The molecule has 0 bridgehead atoms. The van der Waals surface area contributed by atoms with Gasteiger partial charge in [-0.25, -0.2) is 0 Å². The molecular formula is C15H14N2O2-2. The third-order valence-corrected chi connectivity index (χ3v) is 3.58. The van der Waals surface area contributed by atoms with E-state index in [4.69, 9.17) is 0 Å². The van der Waals surface area contributed by atoms with E-state index in [0.717, 1.165) is 15.7 Å². The van der Waals surface area contributed by atoms with Crippen molar-refractivity contribution in [3.8, 4) is 0 Å². The number of para-hydroxylation sites is 2. The van der Waals surface area contributed by atoms with Gasteiger partial charge in [0.25, 0.3) is 0 Å². The Labute approximate surface area is 112 Å². The van der Waals surface area contributed by atoms with Crippen LogP contribution in [0.1, 0.15) is 12.5 Å². The molecule has 1 aliphatic heterocycles. The lowest BCUT2D eigenvalue weighted by Gasteiger charge is -2.50. The van der Waals surface area contributed by atoms with E-state index in [9.17, 15) is 10.4 Å². The average Bonchev–Trinajstić information content (AvgIpc) is 2.63. The molecule has 19 heavy (non-hydrogen) atoms. The first kappa shape index (κ1) is 12.0. The van der Waals surface area contributed by atoms with Crippen molar-refractivity contribution in [2.45, 2.75) is 19.0 Å². The van der Waals surface area contributed by atoms with E-state index in [0.29, 0.717) is 17.8 Å². The molecule has 1 heterocycles. The van der Waals surface area contributed by atoms with Gasteiger partial charge in [-0.1, -0.05) is 42.5 Å². The Bertz CT molecular complexity index is 557. The number of hydrogen-bond donors (Lipinski definition) is 0. The highest BCUT2D eigenvalue weighted by molar-refractivity contribution is 5.80. The van der Waals surface area contributed by atoms with Crippen LogP contribution in [-0.2, 0) is 6.42 Å². The normalized spacial score (nSPS) is 16.6. The van der Waals surface area contributed by atoms with Gasteiger partial charge in [0, 0.05) is 6.42 Å². The molecule has 0 fully saturated rings. The summed E-state index contributed by atoms with van der Waals surface area (Å²) in [5, 5.41) is 26.5. The summed E-state index contributed by atoms with van der Waals surface area (Å²) in [7, 11) is 0. The van der Waals surface area contributed by atoms with Gasteiger partial charge in [0.05, 0.1) is 17.0 Å². The van der Waals surface area contributed by atoms with Crippen molar-refractivity contribution in [3.63, 3.8) is 0 Å². The lowest BCUT2D eigenvalue weighted by Crippen LogP contribution is -2.52. The second-order valence-corrected chi connectivity index (χ2v) is 4.96. The lowest BCUT2D eigenvalue weighted by atomic mass is 10.0. The second-order valence-electron chi connectivity index (χ2n) is 4.96. The number of benzene rings is 2. The summed E-state index contributed by atoms with van der Waals surface area (Å²) in [5.74, 6) is 0. The van der Waals surface area contributed by atoms with Gasteiger partial charge in [0.1, 0.15) is 0 Å². The van der Waals surface area contributed by atoms with Crippen LogP contribution >= 0.6 is 0 Å². The molecule has 0 unspecified atom stereocenters. The molecular weight excluding hydrogens is 240 g/mol. The van der Waals surface area contributed by atoms with Crippen molar-refractivity contribution >= 4 is 11.4 Å². The number of rotatable bonds is 2. The lowest BCUT2D eigenvalue weighted by molar-refractivity contribution is 0.479. The molecule has 2 aromatic carbocycles. The Morgan fingerprint density at radius 1 is 0.842 bits per heavy atom. The summed E-state index contributed by atoms with van der Waals surface area (Å²) in [6.45, 7) is 1.68. The Balaban J connectivity index is 1.98. The van der Waals surface area contributed by atoms with Crippen LogP contribution in [-0.4, -0.2) is 5.66 Å². The quantitative estimate of drug-likeness (QED) is 0.825. The van der Waals surface area contributed by atoms with Crippen LogP contribution in [0, 0.1) is 10.4 Å². The Morgan fingerprint density at radius 3 is 1.84 bits per heavy atom. The second kappa shape index (κ2) is 4.26. The summed E-state index contributed by atoms with van der Waals surface area (Å²) in [6.07, 6.45) is 0.384. The third-order valence-electron chi connectivity index (χ3n) is 3.58. The highest BCUT2D eigenvalue weighted by Crippen LogP contribution is 2.44. The van der Waals surface area contributed by atoms with Crippen molar-refractivity contribution in [1.29, 1.82) is 0 Å². The zero-order valence-electron chi connectivity index (χ0n) is 10.6. The summed E-state index contributed by atoms with van der Waals surface area (Å²) in [5.41, 5.74) is 0.733. The van der Waals surface area contributed by atoms with E-state index in [2.05, 4.69) is 0 Å². The van der Waals surface area contributed by atoms with Crippen molar-refractivity contribution in [3.05, 3.63) is 70.6 Å². The Hall–Kier alpha value is -2.04. The summed E-state index contributed by atoms with van der Waals surface area (Å²) >= 11 is 0. The molecule has 2 aromatic rings. The first-order chi connectivity index (χ1) is 9.13. The van der Waals surface area contributed by atoms with Crippen LogP contribution in [0.15, 0.2) is 54.6 Å². The molecule has 0 aromatic heterocycles. The van der Waals surface area contributed by atoms with E-state index >= 15 is 0 Å². The predicted octanol–water partition coefficient (Wildman–Crippen LogP) is 3.27. The molecule has 0 atom stereocenters. The maximum Gasteiger partial charge on any atom is 0.0937 e. The first-order valence-electron chi connectivity index (χ1n) is 6.20. The highest BCUT2D eigenvalue weighted by atomic mass is 16.6. The molecule has 98 valence electrons. The van der Waals surface area contributed by atoms with E-state index in [1.807, 2.05) is 30.3 Å². The van der Waals surface area contributed by atoms with Crippen LogP contribution < -0.4 is 10.1 Å². The molecule has 0 aliphatic carbocycles. The van der Waals surface area contributed by atoms with Gasteiger partial charge in [-0.3, -0.25) is 0 Å². The van der Waals surface area contributed by atoms with Gasteiger partial charge in [-0.15, -0.1) is 0 Å². The van der Waals surface area contributed by atoms with Crippen LogP contribution in [0.25, 0.3) is 0 Å². The topological polar surface area (TPSA) is 52.6 Å². The van der Waals surface area contributed by atoms with Crippen molar-refractivity contribution in [2.24, 2.45) is 0 Å². The minimum Gasteiger partial charge on any atom is -0.757 e. The zero-order chi connectivity index (χ0) is 13.5. The standard InChI is InChI=1S/C15H14N2O2/c1-15(11-12-7-3-2-4-8-12)16(18)13-9-5-6-10-14(13)17(15)19/h2-10H,11H2,1H3/q-2. The Kier molecular flexibility index (Phi) is 2.69. The van der Waals surface area contributed by atoms with Gasteiger partial charge in [-0.2, -0.15) is 0 Å². The number of hydroxylamine groups is 2. The molecule has 0 saturated heterocycles. The van der Waals surface area contributed by atoms with Crippen LogP contribution in [0.3, 0.4) is 0 Å². The molecule has 3 rings (SSSR count). The monoisotopic (exact) mass is 254 g/mol. The molecule has 0 spiro atoms. The molecule has 1 aliphatic rings. The van der Waals surface area contributed by atoms with Gasteiger partial charge in [-0.05, 0) is 24.6 Å². The average molecular weight is 254 g/mol. The fourth-order valence-corrected chi connectivity index (χ4v) is 2.54. The van der Waals surface area contributed by atoms with Gasteiger partial charge in [0.2, 0.25) is 0 Å². The smallest absolute Gasteiger partial charge is 0.0937 e. The SMILES string of the molecule is CC1(Cc2ccccc2)N([O-])c2ccccc2N1[O-]. The minimum atomic E-state index is -1.12. The Morgan fingerprint density at radius 2 is 1.32 bits per heavy atom. The van der Waals surface area contributed by atoms with Crippen LogP contribution in [0.5, 0.6) is 0 Å². The minimum absolute atomic E-state index is 0.384. The van der Waals surface area contributed by atoms with Crippen molar-refractivity contribution in [1.82, 2.24) is 0 Å². The van der Waals surface area contributed by atoms with Crippen molar-refractivity contribution < 1.29 is 0 Å². The molecule has 4 heteroatoms. The number of anilines is 2. The number of nitrogens with zero attached hydrogens (tertiary/aromatic N) is 2. The maximum absolute atomic E-state index is 12.4. The number of hydrogen-bond acceptors (Lipinski definition) is 4. The maximum atomic E-state index is 12.4. The van der Waals surface area contributed by atoms with E-state index < -0.39 is 5.66 Å². The third kappa shape index (κ3) is 1.77. The molecule has 0 saturated carbocycles. The van der Waals surface area contributed by atoms with E-state index in [-0.39, 0.29) is 0 Å². The highest BCUT2D eigenvalue weighted by Gasteiger charge is 2.36. The molecule has 4 nitrogen and oxygen atoms in total. The fourth-order valence-electron chi connectivity index (χ4n) is 2.54. The molecule has 0 amide bonds. The summed E-state index contributed by atoms with van der Waals surface area (Å²) < 4.78 is 0. The van der Waals surface area contributed by atoms with Gasteiger partial charge in [0.15, 0.2) is 0 Å². The van der Waals surface area contributed by atoms with E-state index in [1.54, 1.807) is 31.2 Å². The summed E-state index contributed by atoms with van der Waals surface area (Å²) in [4.78, 5) is 0. The molecule has 0 N–H and O–H groups in total. The largest absolute Gasteiger partial charge is 0.757 e. The predicted molar refractivity (Wildman–Crippen MR) is 76.7 cm³/mol.